The van der Waals surface area contributed by atoms with E-state index < -0.39 is 5.97 Å². The third kappa shape index (κ3) is 6.31. The zero-order valence-corrected chi connectivity index (χ0v) is 18.4. The first-order valence-corrected chi connectivity index (χ1v) is 10.6. The Bertz CT molecular complexity index is 805. The number of benzene rings is 1. The van der Waals surface area contributed by atoms with Crippen LogP contribution in [0.3, 0.4) is 0 Å². The summed E-state index contributed by atoms with van der Waals surface area (Å²) in [6.07, 6.45) is 9.23. The summed E-state index contributed by atoms with van der Waals surface area (Å²) < 4.78 is 19.7. The smallest absolute Gasteiger partial charge is 0.330 e. The number of nitrogens with zero attached hydrogens (tertiary/aromatic N) is 1. The minimum atomic E-state index is -0.438. The van der Waals surface area contributed by atoms with Gasteiger partial charge in [-0.1, -0.05) is 25.5 Å². The van der Waals surface area contributed by atoms with Crippen LogP contribution in [0.25, 0.3) is 5.57 Å². The van der Waals surface area contributed by atoms with Crippen molar-refractivity contribution in [2.75, 3.05) is 18.6 Å². The summed E-state index contributed by atoms with van der Waals surface area (Å²) in [6.45, 7) is 9.37. The first kappa shape index (κ1) is 22.9. The van der Waals surface area contributed by atoms with Crippen molar-refractivity contribution in [3.63, 3.8) is 0 Å². The highest BCUT2D eigenvalue weighted by atomic mass is 19.1. The van der Waals surface area contributed by atoms with Crippen LogP contribution < -0.4 is 4.90 Å². The van der Waals surface area contributed by atoms with Crippen molar-refractivity contribution in [3.05, 3.63) is 59.0 Å². The molecule has 4 heteroatoms. The van der Waals surface area contributed by atoms with Crippen LogP contribution in [0.1, 0.15) is 64.5 Å². The Morgan fingerprint density at radius 1 is 1.31 bits per heavy atom. The van der Waals surface area contributed by atoms with Crippen LogP contribution in [0.2, 0.25) is 0 Å². The van der Waals surface area contributed by atoms with Gasteiger partial charge in [0.05, 0.1) is 7.11 Å². The molecule has 29 heavy (non-hydrogen) atoms. The van der Waals surface area contributed by atoms with Crippen LogP contribution in [0.15, 0.2) is 47.8 Å². The van der Waals surface area contributed by atoms with Gasteiger partial charge in [0, 0.05) is 24.4 Å². The summed E-state index contributed by atoms with van der Waals surface area (Å²) in [5.74, 6) is -0.681. The Morgan fingerprint density at radius 3 is 2.72 bits per heavy atom. The van der Waals surface area contributed by atoms with Gasteiger partial charge in [0.2, 0.25) is 0 Å². The molecule has 0 saturated heterocycles. The maximum Gasteiger partial charge on any atom is 0.330 e. The molecule has 1 aromatic rings. The molecule has 0 atom stereocenters. The van der Waals surface area contributed by atoms with Gasteiger partial charge in [-0.25, -0.2) is 9.18 Å². The Balaban J connectivity index is 2.38. The number of anilines is 1. The van der Waals surface area contributed by atoms with Crippen molar-refractivity contribution in [2.24, 2.45) is 0 Å². The van der Waals surface area contributed by atoms with E-state index in [1.807, 2.05) is 0 Å². The summed E-state index contributed by atoms with van der Waals surface area (Å²) in [5, 5.41) is 0. The number of allylic oxidation sites excluding steroid dienone is 5. The number of rotatable bonds is 8. The Kier molecular flexibility index (Phi) is 8.69. The molecular weight excluding hydrogens is 365 g/mol. The van der Waals surface area contributed by atoms with Crippen molar-refractivity contribution in [2.45, 2.75) is 65.8 Å². The number of ether oxygens (including phenoxy) is 1. The average Bonchev–Trinajstić information content (AvgIpc) is 2.71. The third-order valence-electron chi connectivity index (χ3n) is 5.31. The molecule has 1 heterocycles. The monoisotopic (exact) mass is 399 g/mol. The lowest BCUT2D eigenvalue weighted by atomic mass is 9.93. The predicted molar refractivity (Wildman–Crippen MR) is 120 cm³/mol. The third-order valence-corrected chi connectivity index (χ3v) is 5.31. The lowest BCUT2D eigenvalue weighted by molar-refractivity contribution is -0.134. The molecule has 1 aliphatic heterocycles. The van der Waals surface area contributed by atoms with E-state index in [9.17, 15) is 4.79 Å². The van der Waals surface area contributed by atoms with E-state index in [2.05, 4.69) is 48.6 Å². The number of hydrogen-bond acceptors (Lipinski definition) is 3. The highest BCUT2D eigenvalue weighted by Crippen LogP contribution is 2.34. The molecule has 0 amide bonds. The summed E-state index contributed by atoms with van der Waals surface area (Å²) in [5.41, 5.74) is 4.92. The van der Waals surface area contributed by atoms with Gasteiger partial charge in [0.15, 0.2) is 0 Å². The van der Waals surface area contributed by atoms with Gasteiger partial charge in [-0.2, -0.15) is 0 Å². The minimum absolute atomic E-state index is 0.243. The number of fused-ring (bicyclic) bond motifs is 1. The minimum Gasteiger partial charge on any atom is -0.466 e. The SMILES string of the molecule is CCCC/C(=C(F)/C=C/C(C)=C/C(=O)OC)c1ccc2c(c1)CCCN2C(C)C. The van der Waals surface area contributed by atoms with E-state index >= 15 is 4.39 Å². The van der Waals surface area contributed by atoms with Crippen LogP contribution >= 0.6 is 0 Å². The van der Waals surface area contributed by atoms with Crippen LogP contribution in [0, 0.1) is 0 Å². The highest BCUT2D eigenvalue weighted by Gasteiger charge is 2.20. The molecule has 158 valence electrons. The van der Waals surface area contributed by atoms with Crippen molar-refractivity contribution in [1.82, 2.24) is 0 Å². The van der Waals surface area contributed by atoms with Crippen molar-refractivity contribution < 1.29 is 13.9 Å². The van der Waals surface area contributed by atoms with Gasteiger partial charge in [0.25, 0.3) is 0 Å². The first-order valence-electron chi connectivity index (χ1n) is 10.6. The summed E-state index contributed by atoms with van der Waals surface area (Å²) in [4.78, 5) is 13.8. The lowest BCUT2D eigenvalue weighted by Gasteiger charge is -2.35. The molecular formula is C25H34FNO2. The largest absolute Gasteiger partial charge is 0.466 e. The number of hydrogen-bond donors (Lipinski definition) is 0. The molecule has 3 nitrogen and oxygen atoms in total. The Hall–Kier alpha value is -2.36. The van der Waals surface area contributed by atoms with E-state index in [1.54, 1.807) is 13.0 Å². The molecule has 0 aliphatic carbocycles. The number of carbonyl (C=O) groups excluding carboxylic acids is 1. The zero-order valence-electron chi connectivity index (χ0n) is 18.4. The van der Waals surface area contributed by atoms with Gasteiger partial charge >= 0.3 is 5.97 Å². The number of methoxy groups -OCH3 is 1. The van der Waals surface area contributed by atoms with Crippen LogP contribution in [0.5, 0.6) is 0 Å². The number of unbranched alkanes of at least 4 members (excludes halogenated alkanes) is 1. The average molecular weight is 400 g/mol. The van der Waals surface area contributed by atoms with E-state index in [0.717, 1.165) is 43.4 Å². The fourth-order valence-electron chi connectivity index (χ4n) is 3.70. The van der Waals surface area contributed by atoms with Crippen molar-refractivity contribution in [3.8, 4) is 0 Å². The van der Waals surface area contributed by atoms with Gasteiger partial charge in [-0.3, -0.25) is 0 Å². The molecule has 0 unspecified atom stereocenters. The molecule has 0 bridgehead atoms. The second-order valence-corrected chi connectivity index (χ2v) is 7.91. The van der Waals surface area contributed by atoms with Crippen LogP contribution in [0.4, 0.5) is 10.1 Å². The fourth-order valence-corrected chi connectivity index (χ4v) is 3.70. The summed E-state index contributed by atoms with van der Waals surface area (Å²) in [6, 6.07) is 6.82. The number of aryl methyl sites for hydroxylation is 1. The first-order chi connectivity index (χ1) is 13.9. The van der Waals surface area contributed by atoms with E-state index in [4.69, 9.17) is 0 Å². The van der Waals surface area contributed by atoms with Crippen molar-refractivity contribution >= 4 is 17.2 Å². The molecule has 0 radical (unpaired) electrons. The van der Waals surface area contributed by atoms with Crippen LogP contribution in [-0.4, -0.2) is 25.7 Å². The fraction of sp³-hybridized carbons (Fsp3) is 0.480. The molecule has 1 aromatic carbocycles. The number of esters is 1. The standard InChI is InChI=1S/C25H34FNO2/c1-6-7-10-22(23(26)13-11-19(4)16-25(28)29-5)20-12-14-24-21(17-20)9-8-15-27(24)18(2)3/h11-14,16-18H,6-10,15H2,1-5H3/b13-11+,19-16+,23-22+. The molecule has 0 spiro atoms. The van der Waals surface area contributed by atoms with Gasteiger partial charge in [-0.05, 0) is 86.9 Å². The van der Waals surface area contributed by atoms with Gasteiger partial charge in [0.1, 0.15) is 5.83 Å². The number of carbonyl (C=O) groups is 1. The second-order valence-electron chi connectivity index (χ2n) is 7.91. The topological polar surface area (TPSA) is 29.5 Å². The second kappa shape index (κ2) is 11.0. The lowest BCUT2D eigenvalue weighted by Crippen LogP contribution is -2.35. The van der Waals surface area contributed by atoms with Gasteiger partial charge in [-0.15, -0.1) is 0 Å². The quantitative estimate of drug-likeness (QED) is 0.288. The summed E-state index contributed by atoms with van der Waals surface area (Å²) in [7, 11) is 1.33. The normalized spacial score (nSPS) is 15.6. The molecule has 0 fully saturated rings. The van der Waals surface area contributed by atoms with E-state index in [1.165, 1.54) is 30.5 Å². The molecule has 0 aromatic heterocycles. The van der Waals surface area contributed by atoms with E-state index in [0.29, 0.717) is 18.0 Å². The molecule has 1 aliphatic rings. The molecule has 0 N–H and O–H groups in total. The maximum atomic E-state index is 15.1. The number of halogens is 1. The molecule has 0 saturated carbocycles. The summed E-state index contributed by atoms with van der Waals surface area (Å²) >= 11 is 0. The van der Waals surface area contributed by atoms with Gasteiger partial charge < -0.3 is 9.64 Å². The van der Waals surface area contributed by atoms with E-state index in [-0.39, 0.29) is 5.83 Å². The Labute approximate surface area is 174 Å². The highest BCUT2D eigenvalue weighted by molar-refractivity contribution is 5.83. The predicted octanol–water partition coefficient (Wildman–Crippen LogP) is 6.39. The Morgan fingerprint density at radius 2 is 2.07 bits per heavy atom. The van der Waals surface area contributed by atoms with Crippen LogP contribution in [-0.2, 0) is 16.0 Å². The molecule has 2 rings (SSSR count). The zero-order chi connectivity index (χ0) is 21.4. The maximum absolute atomic E-state index is 15.1. The van der Waals surface area contributed by atoms with Crippen molar-refractivity contribution in [1.29, 1.82) is 0 Å².